The van der Waals surface area contributed by atoms with Gasteiger partial charge >= 0.3 is 0 Å². The van der Waals surface area contributed by atoms with Gasteiger partial charge in [-0.05, 0) is 34.6 Å². The molecule has 4 nitrogen and oxygen atoms in total. The van der Waals surface area contributed by atoms with Gasteiger partial charge in [-0.25, -0.2) is 0 Å². The minimum atomic E-state index is 0.949. The van der Waals surface area contributed by atoms with Crippen LogP contribution in [0.5, 0.6) is 0 Å². The third-order valence-corrected chi connectivity index (χ3v) is 4.12. The Labute approximate surface area is 121 Å². The molecule has 0 N–H and O–H groups in total. The van der Waals surface area contributed by atoms with E-state index in [0.29, 0.717) is 0 Å². The van der Waals surface area contributed by atoms with E-state index < -0.39 is 0 Å². The van der Waals surface area contributed by atoms with E-state index in [2.05, 4.69) is 48.7 Å². The first-order valence-electron chi connectivity index (χ1n) is 6.65. The highest BCUT2D eigenvalue weighted by Gasteiger charge is 2.18. The highest BCUT2D eigenvalue weighted by Crippen LogP contribution is 2.26. The fourth-order valence-corrected chi connectivity index (χ4v) is 2.87. The quantitative estimate of drug-likeness (QED) is 0.851. The van der Waals surface area contributed by atoms with Crippen LogP contribution in [0.4, 0.5) is 5.69 Å². The van der Waals surface area contributed by atoms with E-state index in [-0.39, 0.29) is 0 Å². The summed E-state index contributed by atoms with van der Waals surface area (Å²) in [6, 6.07) is 4.10. The Kier molecular flexibility index (Phi) is 3.66. The van der Waals surface area contributed by atoms with E-state index in [1.807, 2.05) is 18.5 Å². The number of anilines is 1. The number of hydrogen-bond acceptors (Lipinski definition) is 4. The molecule has 0 spiro atoms. The minimum Gasteiger partial charge on any atom is -0.367 e. The molecule has 0 aliphatic carbocycles. The predicted molar refractivity (Wildman–Crippen MR) is 81.6 cm³/mol. The molecule has 2 aromatic rings. The van der Waals surface area contributed by atoms with Crippen molar-refractivity contribution in [1.82, 2.24) is 14.9 Å². The molecule has 1 aliphatic rings. The Morgan fingerprint density at radius 3 is 2.74 bits per heavy atom. The van der Waals surface area contributed by atoms with Gasteiger partial charge in [0.2, 0.25) is 0 Å². The highest BCUT2D eigenvalue weighted by atomic mass is 79.9. The van der Waals surface area contributed by atoms with Gasteiger partial charge in [0, 0.05) is 43.0 Å². The van der Waals surface area contributed by atoms with Crippen LogP contribution in [0.15, 0.2) is 29.0 Å². The number of likely N-dealkylation sites (N-methyl/N-ethyl adjacent to an activating group) is 1. The summed E-state index contributed by atoms with van der Waals surface area (Å²) in [5.74, 6) is 0. The van der Waals surface area contributed by atoms with Crippen molar-refractivity contribution < 1.29 is 0 Å². The van der Waals surface area contributed by atoms with Gasteiger partial charge in [0.25, 0.3) is 0 Å². The summed E-state index contributed by atoms with van der Waals surface area (Å²) in [7, 11) is 0. The van der Waals surface area contributed by atoms with Crippen LogP contribution in [0.25, 0.3) is 11.0 Å². The predicted octanol–water partition coefficient (Wildman–Crippen LogP) is 2.53. The van der Waals surface area contributed by atoms with Crippen molar-refractivity contribution >= 4 is 32.7 Å². The number of fused-ring (bicyclic) bond motifs is 1. The van der Waals surface area contributed by atoms with Gasteiger partial charge in [0.15, 0.2) is 0 Å². The van der Waals surface area contributed by atoms with Gasteiger partial charge in [0.05, 0.1) is 11.2 Å². The number of rotatable bonds is 2. The lowest BCUT2D eigenvalue weighted by atomic mass is 10.2. The van der Waals surface area contributed by atoms with E-state index >= 15 is 0 Å². The largest absolute Gasteiger partial charge is 0.367 e. The van der Waals surface area contributed by atoms with Gasteiger partial charge < -0.3 is 9.80 Å². The van der Waals surface area contributed by atoms with Gasteiger partial charge in [-0.2, -0.15) is 0 Å². The zero-order chi connectivity index (χ0) is 13.2. The molecule has 0 atom stereocenters. The van der Waals surface area contributed by atoms with E-state index in [1.165, 1.54) is 5.69 Å². The fourth-order valence-electron chi connectivity index (χ4n) is 2.55. The van der Waals surface area contributed by atoms with E-state index in [9.17, 15) is 0 Å². The Morgan fingerprint density at radius 2 is 2.00 bits per heavy atom. The minimum absolute atomic E-state index is 0.949. The summed E-state index contributed by atoms with van der Waals surface area (Å²) in [6.07, 6.45) is 3.72. The van der Waals surface area contributed by atoms with Crippen molar-refractivity contribution in [3.8, 4) is 0 Å². The van der Waals surface area contributed by atoms with Crippen LogP contribution in [0.3, 0.4) is 0 Å². The first-order chi connectivity index (χ1) is 9.28. The van der Waals surface area contributed by atoms with Crippen LogP contribution in [0.1, 0.15) is 6.92 Å². The van der Waals surface area contributed by atoms with Crippen LogP contribution >= 0.6 is 15.9 Å². The van der Waals surface area contributed by atoms with Gasteiger partial charge in [0.1, 0.15) is 5.52 Å². The average Bonchev–Trinajstić information content (AvgIpc) is 2.46. The summed E-state index contributed by atoms with van der Waals surface area (Å²) in [5.41, 5.74) is 3.15. The molecule has 19 heavy (non-hydrogen) atoms. The number of nitrogens with zero attached hydrogens (tertiary/aromatic N) is 4. The van der Waals surface area contributed by atoms with E-state index in [1.54, 1.807) is 0 Å². The van der Waals surface area contributed by atoms with Crippen molar-refractivity contribution in [3.63, 3.8) is 0 Å². The topological polar surface area (TPSA) is 32.3 Å². The summed E-state index contributed by atoms with van der Waals surface area (Å²) < 4.78 is 0.973. The molecule has 3 heterocycles. The Bertz CT molecular complexity index is 579. The highest BCUT2D eigenvalue weighted by molar-refractivity contribution is 9.10. The molecule has 0 bridgehead atoms. The monoisotopic (exact) mass is 320 g/mol. The normalized spacial score (nSPS) is 17.1. The molecule has 5 heteroatoms. The number of aromatic nitrogens is 2. The second-order valence-electron chi connectivity index (χ2n) is 4.77. The molecule has 0 unspecified atom stereocenters. The smallest absolute Gasteiger partial charge is 0.112 e. The van der Waals surface area contributed by atoms with Gasteiger partial charge in [-0.3, -0.25) is 9.97 Å². The van der Waals surface area contributed by atoms with Crippen molar-refractivity contribution in [3.05, 3.63) is 29.0 Å². The maximum Gasteiger partial charge on any atom is 0.112 e. The molecule has 2 aromatic heterocycles. The zero-order valence-electron chi connectivity index (χ0n) is 11.0. The summed E-state index contributed by atoms with van der Waals surface area (Å²) >= 11 is 3.45. The van der Waals surface area contributed by atoms with Crippen molar-refractivity contribution in [2.75, 3.05) is 37.6 Å². The molecule has 0 amide bonds. The van der Waals surface area contributed by atoms with E-state index in [4.69, 9.17) is 0 Å². The lowest BCUT2D eigenvalue weighted by molar-refractivity contribution is 0.271. The first kappa shape index (κ1) is 12.8. The van der Waals surface area contributed by atoms with Crippen LogP contribution in [-0.2, 0) is 0 Å². The number of pyridine rings is 2. The lowest BCUT2D eigenvalue weighted by Gasteiger charge is -2.35. The third kappa shape index (κ3) is 2.58. The Morgan fingerprint density at radius 1 is 1.21 bits per heavy atom. The maximum absolute atomic E-state index is 4.53. The summed E-state index contributed by atoms with van der Waals surface area (Å²) in [6.45, 7) is 7.72. The van der Waals surface area contributed by atoms with Crippen molar-refractivity contribution in [2.45, 2.75) is 6.92 Å². The summed E-state index contributed by atoms with van der Waals surface area (Å²) in [5, 5.41) is 0. The molecule has 1 saturated heterocycles. The maximum atomic E-state index is 4.53. The van der Waals surface area contributed by atoms with Crippen molar-refractivity contribution in [2.24, 2.45) is 0 Å². The SMILES string of the molecule is CCN1CCN(c2ccnc3cc(Br)cnc23)CC1. The lowest BCUT2D eigenvalue weighted by Crippen LogP contribution is -2.46. The van der Waals surface area contributed by atoms with Gasteiger partial charge in [-0.1, -0.05) is 6.92 Å². The second kappa shape index (κ2) is 5.43. The molecule has 0 saturated carbocycles. The average molecular weight is 321 g/mol. The van der Waals surface area contributed by atoms with Crippen LogP contribution < -0.4 is 4.90 Å². The molecule has 1 fully saturated rings. The van der Waals surface area contributed by atoms with Crippen molar-refractivity contribution in [1.29, 1.82) is 0 Å². The number of piperazine rings is 1. The van der Waals surface area contributed by atoms with Gasteiger partial charge in [-0.15, -0.1) is 0 Å². The number of hydrogen-bond donors (Lipinski definition) is 0. The fraction of sp³-hybridized carbons (Fsp3) is 0.429. The summed E-state index contributed by atoms with van der Waals surface area (Å²) in [4.78, 5) is 13.8. The molecule has 100 valence electrons. The van der Waals surface area contributed by atoms with Crippen LogP contribution in [0.2, 0.25) is 0 Å². The van der Waals surface area contributed by atoms with E-state index in [0.717, 1.165) is 48.2 Å². The Hall–Kier alpha value is -1.20. The molecule has 0 aromatic carbocycles. The Balaban J connectivity index is 1.93. The van der Waals surface area contributed by atoms with Crippen LogP contribution in [0, 0.1) is 0 Å². The van der Waals surface area contributed by atoms with Crippen LogP contribution in [-0.4, -0.2) is 47.6 Å². The first-order valence-corrected chi connectivity index (χ1v) is 7.45. The second-order valence-corrected chi connectivity index (χ2v) is 5.69. The molecular formula is C14H17BrN4. The molecular weight excluding hydrogens is 304 g/mol. The number of halogens is 1. The zero-order valence-corrected chi connectivity index (χ0v) is 12.6. The molecule has 1 aliphatic heterocycles. The third-order valence-electron chi connectivity index (χ3n) is 3.68. The standard InChI is InChI=1S/C14H17BrN4/c1-2-18-5-7-19(8-6-18)13-3-4-16-12-9-11(15)10-17-14(12)13/h3-4,9-10H,2,5-8H2,1H3. The molecule has 3 rings (SSSR count). The molecule has 0 radical (unpaired) electrons.